The molecule has 0 aliphatic carbocycles. The van der Waals surface area contributed by atoms with Crippen LogP contribution in [0.3, 0.4) is 0 Å². The van der Waals surface area contributed by atoms with Crippen molar-refractivity contribution < 1.29 is 14.3 Å². The molecule has 0 heterocycles. The monoisotopic (exact) mass is 615 g/mol. The minimum atomic E-state index is -0.554. The molecule has 0 bridgehead atoms. The molecule has 3 aromatic carbocycles. The summed E-state index contributed by atoms with van der Waals surface area (Å²) in [5.74, 6) is -0.626. The second-order valence-corrected chi connectivity index (χ2v) is 9.80. The summed E-state index contributed by atoms with van der Waals surface area (Å²) in [6, 6.07) is 17.7. The highest BCUT2D eigenvalue weighted by molar-refractivity contribution is 9.11. The lowest BCUT2D eigenvalue weighted by atomic mass is 10.1. The Bertz CT molecular complexity index is 1350. The van der Waals surface area contributed by atoms with Gasteiger partial charge in [-0.25, -0.2) is 0 Å². The third-order valence-electron chi connectivity index (χ3n) is 4.81. The summed E-state index contributed by atoms with van der Waals surface area (Å²) in [4.78, 5) is 25.2. The average molecular weight is 618 g/mol. The van der Waals surface area contributed by atoms with E-state index in [-0.39, 0.29) is 18.1 Å². The first-order chi connectivity index (χ1) is 16.7. The van der Waals surface area contributed by atoms with Crippen LogP contribution in [0, 0.1) is 25.2 Å². The number of carbonyl (C=O) groups is 2. The number of rotatable bonds is 7. The van der Waals surface area contributed by atoms with Gasteiger partial charge < -0.3 is 15.4 Å². The molecule has 2 amide bonds. The van der Waals surface area contributed by atoms with E-state index < -0.39 is 5.91 Å². The first kappa shape index (κ1) is 26.5. The number of nitriles is 1. The van der Waals surface area contributed by atoms with Crippen molar-refractivity contribution in [1.82, 2.24) is 0 Å². The van der Waals surface area contributed by atoms with Crippen LogP contribution in [0.1, 0.15) is 16.7 Å². The van der Waals surface area contributed by atoms with E-state index in [0.29, 0.717) is 36.7 Å². The van der Waals surface area contributed by atoms with Crippen LogP contribution in [0.5, 0.6) is 5.75 Å². The normalized spacial score (nSPS) is 10.9. The van der Waals surface area contributed by atoms with Crippen LogP contribution in [-0.2, 0) is 9.59 Å². The van der Waals surface area contributed by atoms with Gasteiger partial charge in [-0.3, -0.25) is 9.59 Å². The Morgan fingerprint density at radius 1 is 1.06 bits per heavy atom. The molecule has 0 saturated heterocycles. The number of nitrogens with one attached hydrogen (secondary N) is 2. The molecule has 178 valence electrons. The SMILES string of the molecule is Cc1ccc(NC(=O)/C(C#N)=C/c2cc(Br)cc(Br)c2OCC(=O)Nc2ccc(Cl)cc2)c(C)c1. The molecule has 0 saturated carbocycles. The molecular formula is C26H20Br2ClN3O3. The molecule has 3 rings (SSSR count). The van der Waals surface area contributed by atoms with E-state index in [1.807, 2.05) is 32.0 Å². The number of ether oxygens (including phenoxy) is 1. The molecule has 35 heavy (non-hydrogen) atoms. The van der Waals surface area contributed by atoms with E-state index in [0.717, 1.165) is 11.1 Å². The highest BCUT2D eigenvalue weighted by Crippen LogP contribution is 2.34. The maximum atomic E-state index is 12.8. The maximum Gasteiger partial charge on any atom is 0.266 e. The largest absolute Gasteiger partial charge is 0.482 e. The zero-order valence-corrected chi connectivity index (χ0v) is 22.7. The van der Waals surface area contributed by atoms with Crippen LogP contribution >= 0.6 is 43.5 Å². The molecule has 0 atom stereocenters. The van der Waals surface area contributed by atoms with E-state index in [2.05, 4.69) is 42.5 Å². The number of halogens is 3. The first-order valence-corrected chi connectivity index (χ1v) is 12.3. The smallest absolute Gasteiger partial charge is 0.266 e. The van der Waals surface area contributed by atoms with Gasteiger partial charge in [0.25, 0.3) is 11.8 Å². The number of anilines is 2. The van der Waals surface area contributed by atoms with Gasteiger partial charge in [-0.2, -0.15) is 5.26 Å². The van der Waals surface area contributed by atoms with Crippen LogP contribution < -0.4 is 15.4 Å². The molecule has 0 aliphatic heterocycles. The van der Waals surface area contributed by atoms with E-state index in [4.69, 9.17) is 16.3 Å². The van der Waals surface area contributed by atoms with Crippen LogP contribution in [-0.4, -0.2) is 18.4 Å². The van der Waals surface area contributed by atoms with E-state index in [1.165, 1.54) is 6.08 Å². The number of hydrogen-bond acceptors (Lipinski definition) is 4. The van der Waals surface area contributed by atoms with Gasteiger partial charge in [-0.05, 0) is 83.9 Å². The third-order valence-corrected chi connectivity index (χ3v) is 6.11. The summed E-state index contributed by atoms with van der Waals surface area (Å²) in [6.07, 6.45) is 1.42. The highest BCUT2D eigenvalue weighted by atomic mass is 79.9. The number of benzene rings is 3. The van der Waals surface area contributed by atoms with Gasteiger partial charge in [0.2, 0.25) is 0 Å². The Kier molecular flexibility index (Phi) is 9.10. The second-order valence-electron chi connectivity index (χ2n) is 7.59. The molecular weight excluding hydrogens is 598 g/mol. The van der Waals surface area contributed by atoms with E-state index in [1.54, 1.807) is 42.5 Å². The minimum Gasteiger partial charge on any atom is -0.482 e. The molecule has 0 aromatic heterocycles. The van der Waals surface area contributed by atoms with Crippen molar-refractivity contribution in [2.45, 2.75) is 13.8 Å². The van der Waals surface area contributed by atoms with Crippen molar-refractivity contribution in [3.8, 4) is 11.8 Å². The molecule has 9 heteroatoms. The number of aryl methyl sites for hydroxylation is 2. The van der Waals surface area contributed by atoms with Gasteiger partial charge in [0.1, 0.15) is 17.4 Å². The number of amides is 2. The Labute approximate surface area is 225 Å². The van der Waals surface area contributed by atoms with Gasteiger partial charge in [-0.1, -0.05) is 45.2 Å². The number of carbonyl (C=O) groups excluding carboxylic acids is 2. The van der Waals surface area contributed by atoms with Gasteiger partial charge in [0, 0.05) is 26.4 Å². The quantitative estimate of drug-likeness (QED) is 0.220. The van der Waals surface area contributed by atoms with Gasteiger partial charge >= 0.3 is 0 Å². The summed E-state index contributed by atoms with van der Waals surface area (Å²) < 4.78 is 7.01. The van der Waals surface area contributed by atoms with Crippen LogP contribution in [0.15, 0.2) is 69.1 Å². The Hall–Kier alpha value is -3.12. The molecule has 3 aromatic rings. The van der Waals surface area contributed by atoms with E-state index in [9.17, 15) is 14.9 Å². The van der Waals surface area contributed by atoms with Crippen molar-refractivity contribution >= 4 is 72.7 Å². The first-order valence-electron chi connectivity index (χ1n) is 10.3. The molecule has 0 aliphatic rings. The van der Waals surface area contributed by atoms with Gasteiger partial charge in [-0.15, -0.1) is 0 Å². The fourth-order valence-corrected chi connectivity index (χ4v) is 4.65. The van der Waals surface area contributed by atoms with Crippen molar-refractivity contribution in [3.63, 3.8) is 0 Å². The van der Waals surface area contributed by atoms with Crippen molar-refractivity contribution in [2.24, 2.45) is 0 Å². The Morgan fingerprint density at radius 3 is 2.43 bits per heavy atom. The second kappa shape index (κ2) is 12.0. The van der Waals surface area contributed by atoms with Crippen LogP contribution in [0.2, 0.25) is 5.02 Å². The van der Waals surface area contributed by atoms with Crippen molar-refractivity contribution in [2.75, 3.05) is 17.2 Å². The average Bonchev–Trinajstić information content (AvgIpc) is 2.80. The minimum absolute atomic E-state index is 0.120. The summed E-state index contributed by atoms with van der Waals surface area (Å²) in [6.45, 7) is 3.55. The van der Waals surface area contributed by atoms with Crippen LogP contribution in [0.4, 0.5) is 11.4 Å². The standard InChI is InChI=1S/C26H20Br2ClN3O3/c1-15-3-8-23(16(2)9-15)32-26(34)18(13-30)10-17-11-19(27)12-22(28)25(17)35-14-24(33)31-21-6-4-20(29)5-7-21/h3-12H,14H2,1-2H3,(H,31,33)(H,32,34)/b18-10+. The topological polar surface area (TPSA) is 91.2 Å². The molecule has 2 N–H and O–H groups in total. The molecule has 0 fully saturated rings. The van der Waals surface area contributed by atoms with Gasteiger partial charge in [0.05, 0.1) is 4.47 Å². The summed E-state index contributed by atoms with van der Waals surface area (Å²) >= 11 is 12.7. The number of hydrogen-bond donors (Lipinski definition) is 2. The highest BCUT2D eigenvalue weighted by Gasteiger charge is 2.16. The Morgan fingerprint density at radius 2 is 1.77 bits per heavy atom. The lowest BCUT2D eigenvalue weighted by Gasteiger charge is -2.13. The van der Waals surface area contributed by atoms with Crippen LogP contribution in [0.25, 0.3) is 6.08 Å². The molecule has 0 spiro atoms. The zero-order chi connectivity index (χ0) is 25.5. The molecule has 0 unspecified atom stereocenters. The summed E-state index contributed by atoms with van der Waals surface area (Å²) in [7, 11) is 0. The van der Waals surface area contributed by atoms with E-state index >= 15 is 0 Å². The fourth-order valence-electron chi connectivity index (χ4n) is 3.16. The molecule has 0 radical (unpaired) electrons. The summed E-state index contributed by atoms with van der Waals surface area (Å²) in [5.41, 5.74) is 3.47. The third kappa shape index (κ3) is 7.43. The van der Waals surface area contributed by atoms with Crippen molar-refractivity contribution in [1.29, 1.82) is 5.26 Å². The number of nitrogens with zero attached hydrogens (tertiary/aromatic N) is 1. The maximum absolute atomic E-state index is 12.8. The zero-order valence-electron chi connectivity index (χ0n) is 18.8. The predicted octanol–water partition coefficient (Wildman–Crippen LogP) is 7.05. The summed E-state index contributed by atoms with van der Waals surface area (Å²) in [5, 5.41) is 15.7. The lowest BCUT2D eigenvalue weighted by molar-refractivity contribution is -0.118. The van der Waals surface area contributed by atoms with Gasteiger partial charge in [0.15, 0.2) is 6.61 Å². The predicted molar refractivity (Wildman–Crippen MR) is 146 cm³/mol. The Balaban J connectivity index is 1.81. The fraction of sp³-hybridized carbons (Fsp3) is 0.115. The lowest BCUT2D eigenvalue weighted by Crippen LogP contribution is -2.20. The van der Waals surface area contributed by atoms with Crippen molar-refractivity contribution in [3.05, 3.63) is 90.8 Å². The molecule has 6 nitrogen and oxygen atoms in total.